The van der Waals surface area contributed by atoms with E-state index in [4.69, 9.17) is 0 Å². The van der Waals surface area contributed by atoms with Crippen LogP contribution in [0.25, 0.3) is 0 Å². The van der Waals surface area contributed by atoms with Crippen molar-refractivity contribution >= 4 is 5.97 Å². The first-order valence-corrected chi connectivity index (χ1v) is 6.54. The molecule has 0 amide bonds. The molecule has 1 fully saturated rings. The predicted molar refractivity (Wildman–Crippen MR) is 70.0 cm³/mol. The van der Waals surface area contributed by atoms with Crippen LogP contribution in [0, 0.1) is 0 Å². The van der Waals surface area contributed by atoms with Crippen LogP contribution < -0.4 is 0 Å². The quantitative estimate of drug-likeness (QED) is 0.861. The first-order chi connectivity index (χ1) is 8.47. The van der Waals surface area contributed by atoms with E-state index in [-0.39, 0.29) is 5.75 Å². The maximum Gasteiger partial charge on any atom is 0.314 e. The first kappa shape index (κ1) is 12.9. The van der Waals surface area contributed by atoms with Crippen LogP contribution in [0.2, 0.25) is 0 Å². The van der Waals surface area contributed by atoms with Gasteiger partial charge in [0.25, 0.3) is 0 Å². The molecule has 0 atom stereocenters. The zero-order chi connectivity index (χ0) is 13.3. The molecule has 0 aromatic heterocycles. The van der Waals surface area contributed by atoms with Crippen molar-refractivity contribution in [2.45, 2.75) is 50.9 Å². The van der Waals surface area contributed by atoms with Crippen molar-refractivity contribution in [3.63, 3.8) is 0 Å². The molecular formula is C15H20O3. The minimum Gasteiger partial charge on any atom is -0.508 e. The topological polar surface area (TPSA) is 57.5 Å². The number of hydrogen-bond acceptors (Lipinski definition) is 2. The first-order valence-electron chi connectivity index (χ1n) is 6.54. The Labute approximate surface area is 107 Å². The van der Waals surface area contributed by atoms with E-state index in [0.717, 1.165) is 18.4 Å². The lowest BCUT2D eigenvalue weighted by atomic mass is 9.77. The lowest BCUT2D eigenvalue weighted by Gasteiger charge is -2.26. The van der Waals surface area contributed by atoms with Gasteiger partial charge < -0.3 is 10.2 Å². The second-order valence-electron chi connectivity index (χ2n) is 5.53. The molecule has 98 valence electrons. The van der Waals surface area contributed by atoms with E-state index >= 15 is 0 Å². The van der Waals surface area contributed by atoms with Gasteiger partial charge in [-0.1, -0.05) is 38.8 Å². The van der Waals surface area contributed by atoms with Crippen molar-refractivity contribution in [1.29, 1.82) is 0 Å². The summed E-state index contributed by atoms with van der Waals surface area (Å²) in [5.41, 5.74) is 0.795. The molecule has 1 aromatic carbocycles. The van der Waals surface area contributed by atoms with Gasteiger partial charge in [-0.2, -0.15) is 0 Å². The Balaban J connectivity index is 2.54. The molecule has 0 bridgehead atoms. The maximum absolute atomic E-state index is 11.6. The van der Waals surface area contributed by atoms with Crippen LogP contribution in [0.5, 0.6) is 5.75 Å². The highest BCUT2D eigenvalue weighted by molar-refractivity contribution is 5.83. The highest BCUT2D eigenvalue weighted by Crippen LogP contribution is 2.45. The minimum atomic E-state index is -0.880. The third-order valence-corrected chi connectivity index (χ3v) is 4.07. The van der Waals surface area contributed by atoms with Gasteiger partial charge >= 0.3 is 5.97 Å². The maximum atomic E-state index is 11.6. The van der Waals surface area contributed by atoms with Crippen molar-refractivity contribution in [1.82, 2.24) is 0 Å². The molecule has 0 spiro atoms. The summed E-state index contributed by atoms with van der Waals surface area (Å²) in [6.45, 7) is 4.14. The van der Waals surface area contributed by atoms with Crippen LogP contribution in [0.15, 0.2) is 18.2 Å². The van der Waals surface area contributed by atoms with Crippen molar-refractivity contribution in [2.24, 2.45) is 0 Å². The van der Waals surface area contributed by atoms with E-state index in [1.807, 2.05) is 12.1 Å². The number of carboxylic acid groups (broad SMARTS) is 1. The molecule has 2 N–H and O–H groups in total. The third-order valence-electron chi connectivity index (χ3n) is 4.07. The molecule has 0 saturated heterocycles. The monoisotopic (exact) mass is 248 g/mol. The van der Waals surface area contributed by atoms with E-state index in [0.29, 0.717) is 24.3 Å². The average molecular weight is 248 g/mol. The summed E-state index contributed by atoms with van der Waals surface area (Å²) in [6, 6.07) is 5.38. The summed E-state index contributed by atoms with van der Waals surface area (Å²) in [5.74, 6) is -0.364. The van der Waals surface area contributed by atoms with Gasteiger partial charge in [-0.25, -0.2) is 0 Å². The molecule has 1 aliphatic rings. The summed E-state index contributed by atoms with van der Waals surface area (Å²) < 4.78 is 0. The molecule has 0 aliphatic heterocycles. The molecule has 3 nitrogen and oxygen atoms in total. The van der Waals surface area contributed by atoms with Crippen LogP contribution in [-0.4, -0.2) is 16.2 Å². The molecule has 1 saturated carbocycles. The SMILES string of the molecule is CC(C)c1ccc(O)c(C2(C(=O)O)CCCC2)c1. The van der Waals surface area contributed by atoms with Crippen LogP contribution in [-0.2, 0) is 10.2 Å². The van der Waals surface area contributed by atoms with E-state index in [2.05, 4.69) is 13.8 Å². The number of benzene rings is 1. The summed E-state index contributed by atoms with van der Waals surface area (Å²) in [7, 11) is 0. The predicted octanol–water partition coefficient (Wildman–Crippen LogP) is 3.41. The zero-order valence-electron chi connectivity index (χ0n) is 10.9. The number of aliphatic carboxylic acids is 1. The van der Waals surface area contributed by atoms with Crippen molar-refractivity contribution in [2.75, 3.05) is 0 Å². The molecule has 2 rings (SSSR count). The molecule has 0 radical (unpaired) electrons. The number of phenols is 1. The van der Waals surface area contributed by atoms with E-state index < -0.39 is 11.4 Å². The van der Waals surface area contributed by atoms with Crippen molar-refractivity contribution in [3.8, 4) is 5.75 Å². The molecule has 18 heavy (non-hydrogen) atoms. The van der Waals surface area contributed by atoms with Crippen LogP contribution in [0.4, 0.5) is 0 Å². The van der Waals surface area contributed by atoms with Gasteiger partial charge in [0.2, 0.25) is 0 Å². The van der Waals surface area contributed by atoms with Gasteiger partial charge in [0.15, 0.2) is 0 Å². The Kier molecular flexibility index (Phi) is 3.33. The Morgan fingerprint density at radius 2 is 1.89 bits per heavy atom. The third kappa shape index (κ3) is 1.98. The largest absolute Gasteiger partial charge is 0.508 e. The fraction of sp³-hybridized carbons (Fsp3) is 0.533. The summed E-state index contributed by atoms with van der Waals surface area (Å²) in [6.07, 6.45) is 3.07. The van der Waals surface area contributed by atoms with Crippen LogP contribution in [0.1, 0.15) is 56.6 Å². The summed E-state index contributed by atoms with van der Waals surface area (Å²) >= 11 is 0. The number of phenolic OH excluding ortho intramolecular Hbond substituents is 1. The lowest BCUT2D eigenvalue weighted by Crippen LogP contribution is -2.32. The molecule has 1 aromatic rings. The van der Waals surface area contributed by atoms with Gasteiger partial charge in [-0.15, -0.1) is 0 Å². The molecule has 3 heteroatoms. The standard InChI is InChI=1S/C15H20O3/c1-10(2)11-5-6-13(16)12(9-11)15(14(17)18)7-3-4-8-15/h5-6,9-10,16H,3-4,7-8H2,1-2H3,(H,17,18). The van der Waals surface area contributed by atoms with Crippen molar-refractivity contribution in [3.05, 3.63) is 29.3 Å². The fourth-order valence-electron chi connectivity index (χ4n) is 2.87. The van der Waals surface area contributed by atoms with E-state index in [9.17, 15) is 15.0 Å². The zero-order valence-corrected chi connectivity index (χ0v) is 10.9. The number of carboxylic acids is 1. The fourth-order valence-corrected chi connectivity index (χ4v) is 2.87. The molecule has 0 heterocycles. The summed E-state index contributed by atoms with van der Waals surface area (Å²) in [5, 5.41) is 19.6. The van der Waals surface area contributed by atoms with Gasteiger partial charge in [0.1, 0.15) is 5.75 Å². The average Bonchev–Trinajstić information content (AvgIpc) is 2.79. The number of carbonyl (C=O) groups is 1. The van der Waals surface area contributed by atoms with E-state index in [1.165, 1.54) is 0 Å². The number of hydrogen-bond donors (Lipinski definition) is 2. The minimum absolute atomic E-state index is 0.115. The Bertz CT molecular complexity index is 457. The van der Waals surface area contributed by atoms with Gasteiger partial charge in [0, 0.05) is 5.56 Å². The highest BCUT2D eigenvalue weighted by Gasteiger charge is 2.44. The molecule has 1 aliphatic carbocycles. The normalized spacial score (nSPS) is 18.2. The smallest absolute Gasteiger partial charge is 0.314 e. The van der Waals surface area contributed by atoms with E-state index in [1.54, 1.807) is 6.07 Å². The number of rotatable bonds is 3. The summed E-state index contributed by atoms with van der Waals surface area (Å²) in [4.78, 5) is 11.6. The number of aromatic hydroxyl groups is 1. The Morgan fingerprint density at radius 1 is 1.28 bits per heavy atom. The molecular weight excluding hydrogens is 228 g/mol. The lowest BCUT2D eigenvalue weighted by molar-refractivity contribution is -0.143. The van der Waals surface area contributed by atoms with Crippen LogP contribution >= 0.6 is 0 Å². The van der Waals surface area contributed by atoms with Gasteiger partial charge in [-0.3, -0.25) is 4.79 Å². The highest BCUT2D eigenvalue weighted by atomic mass is 16.4. The molecule has 0 unspecified atom stereocenters. The van der Waals surface area contributed by atoms with Gasteiger partial charge in [0.05, 0.1) is 5.41 Å². The van der Waals surface area contributed by atoms with Crippen LogP contribution in [0.3, 0.4) is 0 Å². The van der Waals surface area contributed by atoms with Gasteiger partial charge in [-0.05, 0) is 30.4 Å². The van der Waals surface area contributed by atoms with Crippen molar-refractivity contribution < 1.29 is 15.0 Å². The second kappa shape index (κ2) is 4.63. The Morgan fingerprint density at radius 3 is 2.39 bits per heavy atom. The Hall–Kier alpha value is -1.51. The second-order valence-corrected chi connectivity index (χ2v) is 5.53.